The fourth-order valence-electron chi connectivity index (χ4n) is 2.50. The van der Waals surface area contributed by atoms with Crippen molar-refractivity contribution < 1.29 is 5.11 Å². The highest BCUT2D eigenvalue weighted by Gasteiger charge is 2.24. The number of nitrogens with zero attached hydrogens (tertiary/aromatic N) is 2. The van der Waals surface area contributed by atoms with Crippen molar-refractivity contribution in [3.8, 4) is 0 Å². The van der Waals surface area contributed by atoms with Crippen molar-refractivity contribution >= 4 is 21.7 Å². The number of aromatic nitrogens is 2. The van der Waals surface area contributed by atoms with Crippen LogP contribution in [-0.4, -0.2) is 27.7 Å². The van der Waals surface area contributed by atoms with Gasteiger partial charge in [0.2, 0.25) is 0 Å². The molecule has 0 spiro atoms. The number of aliphatic hydroxyl groups is 1. The standard InChI is InChI=1S/C13H20BrN3O/c1-2-12-16-11(14)7-13(17-12)15-10-6-4-3-5-9(10)8-18/h7,9-10,18H,2-6,8H2,1H3,(H,15,16,17). The summed E-state index contributed by atoms with van der Waals surface area (Å²) in [5.74, 6) is 2.04. The Morgan fingerprint density at radius 2 is 2.17 bits per heavy atom. The smallest absolute Gasteiger partial charge is 0.131 e. The molecule has 1 aliphatic rings. The molecule has 1 heterocycles. The summed E-state index contributed by atoms with van der Waals surface area (Å²) in [5.41, 5.74) is 0. The van der Waals surface area contributed by atoms with Crippen molar-refractivity contribution in [1.29, 1.82) is 0 Å². The van der Waals surface area contributed by atoms with E-state index in [2.05, 4.69) is 31.2 Å². The van der Waals surface area contributed by atoms with E-state index >= 15 is 0 Å². The number of nitrogens with one attached hydrogen (secondary N) is 1. The second-order valence-corrected chi connectivity index (χ2v) is 5.64. The minimum absolute atomic E-state index is 0.255. The molecule has 18 heavy (non-hydrogen) atoms. The molecule has 2 unspecified atom stereocenters. The van der Waals surface area contributed by atoms with Gasteiger partial charge in [0, 0.05) is 31.1 Å². The SMILES string of the molecule is CCc1nc(Br)cc(NC2CCCCC2CO)n1. The molecule has 0 bridgehead atoms. The summed E-state index contributed by atoms with van der Waals surface area (Å²) in [6.45, 7) is 2.30. The summed E-state index contributed by atoms with van der Waals surface area (Å²) in [4.78, 5) is 8.78. The van der Waals surface area contributed by atoms with Crippen LogP contribution in [0.25, 0.3) is 0 Å². The van der Waals surface area contributed by atoms with E-state index in [4.69, 9.17) is 0 Å². The van der Waals surface area contributed by atoms with Gasteiger partial charge >= 0.3 is 0 Å². The number of hydrogen-bond acceptors (Lipinski definition) is 4. The molecule has 2 rings (SSSR count). The summed E-state index contributed by atoms with van der Waals surface area (Å²) in [5, 5.41) is 12.9. The lowest BCUT2D eigenvalue weighted by Crippen LogP contribution is -2.34. The van der Waals surface area contributed by atoms with E-state index in [0.29, 0.717) is 12.0 Å². The molecule has 0 aliphatic heterocycles. The second kappa shape index (κ2) is 6.48. The van der Waals surface area contributed by atoms with Gasteiger partial charge < -0.3 is 10.4 Å². The van der Waals surface area contributed by atoms with Gasteiger partial charge in [-0.25, -0.2) is 9.97 Å². The highest BCUT2D eigenvalue weighted by Crippen LogP contribution is 2.27. The molecule has 1 saturated carbocycles. The first kappa shape index (κ1) is 13.7. The molecule has 100 valence electrons. The molecule has 2 atom stereocenters. The predicted molar refractivity (Wildman–Crippen MR) is 75.6 cm³/mol. The number of rotatable bonds is 4. The maximum Gasteiger partial charge on any atom is 0.131 e. The van der Waals surface area contributed by atoms with Crippen molar-refractivity contribution in [2.75, 3.05) is 11.9 Å². The average molecular weight is 314 g/mol. The van der Waals surface area contributed by atoms with Gasteiger partial charge in [-0.05, 0) is 28.8 Å². The largest absolute Gasteiger partial charge is 0.396 e. The Labute approximate surface area is 116 Å². The summed E-state index contributed by atoms with van der Waals surface area (Å²) in [7, 11) is 0. The van der Waals surface area contributed by atoms with Gasteiger partial charge in [-0.2, -0.15) is 0 Å². The van der Waals surface area contributed by atoms with Crippen LogP contribution in [0.1, 0.15) is 38.4 Å². The van der Waals surface area contributed by atoms with Crippen LogP contribution in [0.5, 0.6) is 0 Å². The van der Waals surface area contributed by atoms with E-state index in [0.717, 1.165) is 35.5 Å². The maximum atomic E-state index is 9.41. The van der Waals surface area contributed by atoms with Gasteiger partial charge in [-0.1, -0.05) is 19.8 Å². The fourth-order valence-corrected chi connectivity index (χ4v) is 2.92. The molecule has 0 aromatic carbocycles. The van der Waals surface area contributed by atoms with Crippen LogP contribution in [0.4, 0.5) is 5.82 Å². The monoisotopic (exact) mass is 313 g/mol. The van der Waals surface area contributed by atoms with Crippen LogP contribution >= 0.6 is 15.9 Å². The fraction of sp³-hybridized carbons (Fsp3) is 0.692. The molecule has 1 aliphatic carbocycles. The van der Waals surface area contributed by atoms with E-state index in [-0.39, 0.29) is 6.61 Å². The first-order chi connectivity index (χ1) is 8.72. The van der Waals surface area contributed by atoms with Crippen LogP contribution < -0.4 is 5.32 Å². The zero-order valence-electron chi connectivity index (χ0n) is 10.7. The number of halogens is 1. The number of hydrogen-bond donors (Lipinski definition) is 2. The lowest BCUT2D eigenvalue weighted by atomic mass is 9.85. The molecule has 5 heteroatoms. The molecule has 0 saturated heterocycles. The quantitative estimate of drug-likeness (QED) is 0.839. The van der Waals surface area contributed by atoms with E-state index in [1.807, 2.05) is 13.0 Å². The van der Waals surface area contributed by atoms with Crippen LogP contribution in [0.15, 0.2) is 10.7 Å². The summed E-state index contributed by atoms with van der Waals surface area (Å²) in [6, 6.07) is 2.23. The number of aliphatic hydroxyl groups excluding tert-OH is 1. The van der Waals surface area contributed by atoms with E-state index in [9.17, 15) is 5.11 Å². The minimum atomic E-state index is 0.255. The Balaban J connectivity index is 2.09. The third-order valence-electron chi connectivity index (χ3n) is 3.53. The van der Waals surface area contributed by atoms with Gasteiger partial charge in [0.1, 0.15) is 16.2 Å². The lowest BCUT2D eigenvalue weighted by molar-refractivity contribution is 0.178. The van der Waals surface area contributed by atoms with Gasteiger partial charge in [0.15, 0.2) is 0 Å². The van der Waals surface area contributed by atoms with Gasteiger partial charge in [-0.15, -0.1) is 0 Å². The van der Waals surface area contributed by atoms with E-state index in [1.165, 1.54) is 12.8 Å². The van der Waals surface area contributed by atoms with Gasteiger partial charge in [0.25, 0.3) is 0 Å². The Bertz CT molecular complexity index is 400. The zero-order chi connectivity index (χ0) is 13.0. The zero-order valence-corrected chi connectivity index (χ0v) is 12.3. The Hall–Kier alpha value is -0.680. The number of anilines is 1. The van der Waals surface area contributed by atoms with E-state index in [1.54, 1.807) is 0 Å². The molecule has 1 aromatic heterocycles. The Kier molecular flexibility index (Phi) is 4.95. The summed E-state index contributed by atoms with van der Waals surface area (Å²) in [6.07, 6.45) is 5.47. The molecule has 4 nitrogen and oxygen atoms in total. The van der Waals surface area contributed by atoms with Gasteiger partial charge in [-0.3, -0.25) is 0 Å². The van der Waals surface area contributed by atoms with Crippen LogP contribution in [-0.2, 0) is 6.42 Å². The highest BCUT2D eigenvalue weighted by atomic mass is 79.9. The Morgan fingerprint density at radius 1 is 1.39 bits per heavy atom. The second-order valence-electron chi connectivity index (χ2n) is 4.82. The van der Waals surface area contributed by atoms with Crippen molar-refractivity contribution in [2.24, 2.45) is 5.92 Å². The third kappa shape index (κ3) is 3.42. The number of aryl methyl sites for hydroxylation is 1. The first-order valence-corrected chi connectivity index (χ1v) is 7.43. The summed E-state index contributed by atoms with van der Waals surface area (Å²) < 4.78 is 0.813. The predicted octanol–water partition coefficient (Wildman–Crippen LogP) is 2.76. The third-order valence-corrected chi connectivity index (χ3v) is 3.94. The van der Waals surface area contributed by atoms with Crippen molar-refractivity contribution in [3.63, 3.8) is 0 Å². The topological polar surface area (TPSA) is 58.0 Å². The molecule has 0 radical (unpaired) electrons. The first-order valence-electron chi connectivity index (χ1n) is 6.63. The van der Waals surface area contributed by atoms with Crippen LogP contribution in [0, 0.1) is 5.92 Å². The Morgan fingerprint density at radius 3 is 2.89 bits per heavy atom. The van der Waals surface area contributed by atoms with Crippen molar-refractivity contribution in [3.05, 3.63) is 16.5 Å². The molecule has 0 amide bonds. The van der Waals surface area contributed by atoms with Gasteiger partial charge in [0.05, 0.1) is 0 Å². The highest BCUT2D eigenvalue weighted by molar-refractivity contribution is 9.10. The molecule has 2 N–H and O–H groups in total. The molecular formula is C13H20BrN3O. The average Bonchev–Trinajstić information content (AvgIpc) is 2.38. The summed E-state index contributed by atoms with van der Waals surface area (Å²) >= 11 is 3.41. The van der Waals surface area contributed by atoms with Crippen molar-refractivity contribution in [2.45, 2.75) is 45.1 Å². The molecule has 1 fully saturated rings. The lowest BCUT2D eigenvalue weighted by Gasteiger charge is -2.31. The maximum absolute atomic E-state index is 9.41. The van der Waals surface area contributed by atoms with Crippen LogP contribution in [0.2, 0.25) is 0 Å². The molecular weight excluding hydrogens is 294 g/mol. The van der Waals surface area contributed by atoms with E-state index < -0.39 is 0 Å². The normalized spacial score (nSPS) is 23.9. The minimum Gasteiger partial charge on any atom is -0.396 e. The molecule has 1 aromatic rings. The van der Waals surface area contributed by atoms with Crippen LogP contribution in [0.3, 0.4) is 0 Å². The van der Waals surface area contributed by atoms with Crippen molar-refractivity contribution in [1.82, 2.24) is 9.97 Å².